The van der Waals surface area contributed by atoms with Crippen LogP contribution in [0.3, 0.4) is 0 Å². The van der Waals surface area contributed by atoms with Gasteiger partial charge in [0.25, 0.3) is 5.91 Å². The van der Waals surface area contributed by atoms with Crippen LogP contribution >= 0.6 is 0 Å². The number of aryl methyl sites for hydroxylation is 1. The molecule has 3 rings (SSSR count). The minimum atomic E-state index is -0.0904. The predicted molar refractivity (Wildman–Crippen MR) is 98.3 cm³/mol. The fourth-order valence-electron chi connectivity index (χ4n) is 3.76. The molecule has 1 aliphatic heterocycles. The van der Waals surface area contributed by atoms with E-state index in [0.29, 0.717) is 43.5 Å². The van der Waals surface area contributed by atoms with Gasteiger partial charge >= 0.3 is 6.03 Å². The summed E-state index contributed by atoms with van der Waals surface area (Å²) in [5.41, 5.74) is 1.05. The fraction of sp³-hybridized carbons (Fsp3) is 0.632. The predicted octanol–water partition coefficient (Wildman–Crippen LogP) is 2.03. The van der Waals surface area contributed by atoms with Gasteiger partial charge in [0.05, 0.1) is 0 Å². The van der Waals surface area contributed by atoms with Gasteiger partial charge in [-0.05, 0) is 25.8 Å². The maximum atomic E-state index is 12.7. The molecule has 0 atom stereocenters. The van der Waals surface area contributed by atoms with Crippen molar-refractivity contribution in [1.82, 2.24) is 19.7 Å². The van der Waals surface area contributed by atoms with Gasteiger partial charge in [-0.1, -0.05) is 19.3 Å². The molecule has 2 aliphatic rings. The van der Waals surface area contributed by atoms with Crippen LogP contribution in [-0.4, -0.2) is 64.3 Å². The van der Waals surface area contributed by atoms with Crippen LogP contribution in [0.2, 0.25) is 0 Å². The van der Waals surface area contributed by atoms with Crippen molar-refractivity contribution in [3.63, 3.8) is 0 Å². The fourth-order valence-corrected chi connectivity index (χ4v) is 3.76. The highest BCUT2D eigenvalue weighted by Crippen LogP contribution is 2.18. The van der Waals surface area contributed by atoms with Gasteiger partial charge in [0.1, 0.15) is 5.69 Å². The molecule has 1 saturated carbocycles. The quantitative estimate of drug-likeness (QED) is 0.838. The first kappa shape index (κ1) is 18.5. The van der Waals surface area contributed by atoms with Gasteiger partial charge in [-0.25, -0.2) is 4.79 Å². The molecule has 1 N–H and O–H groups in total. The second kappa shape index (κ2) is 7.93. The van der Waals surface area contributed by atoms with E-state index in [1.807, 2.05) is 0 Å². The normalized spacial score (nSPS) is 18.7. The molecule has 7 heteroatoms. The molecule has 0 aromatic carbocycles. The van der Waals surface area contributed by atoms with Crippen LogP contribution in [0.5, 0.6) is 0 Å². The van der Waals surface area contributed by atoms with Crippen molar-refractivity contribution in [1.29, 1.82) is 0 Å². The second-order valence-corrected chi connectivity index (χ2v) is 7.34. The van der Waals surface area contributed by atoms with Crippen LogP contribution in [0, 0.1) is 0 Å². The van der Waals surface area contributed by atoms with Crippen LogP contribution in [0.1, 0.15) is 59.9 Å². The van der Waals surface area contributed by atoms with Gasteiger partial charge in [-0.2, -0.15) is 0 Å². The monoisotopic (exact) mass is 360 g/mol. The molecule has 2 heterocycles. The standard InChI is InChI=1S/C19H28N4O3/c1-14(24)15-12-17(21(2)13-15)18(25)22-8-10-23(11-9-22)19(26)20-16-6-4-3-5-7-16/h12-13,16H,3-11H2,1-2H3,(H,20,26). The number of carbonyl (C=O) groups excluding carboxylic acids is 3. The average molecular weight is 360 g/mol. The van der Waals surface area contributed by atoms with E-state index in [9.17, 15) is 14.4 Å². The van der Waals surface area contributed by atoms with Crippen molar-refractivity contribution in [2.75, 3.05) is 26.2 Å². The van der Waals surface area contributed by atoms with E-state index in [0.717, 1.165) is 12.8 Å². The molecule has 26 heavy (non-hydrogen) atoms. The highest BCUT2D eigenvalue weighted by Gasteiger charge is 2.27. The Morgan fingerprint density at radius 3 is 2.19 bits per heavy atom. The molecule has 3 amide bonds. The molecule has 0 bridgehead atoms. The molecule has 7 nitrogen and oxygen atoms in total. The third kappa shape index (κ3) is 4.08. The Labute approximate surface area is 154 Å². The molecule has 1 saturated heterocycles. The van der Waals surface area contributed by atoms with Gasteiger partial charge in [-0.15, -0.1) is 0 Å². The maximum Gasteiger partial charge on any atom is 0.317 e. The van der Waals surface area contributed by atoms with E-state index in [1.54, 1.807) is 33.7 Å². The molecule has 1 aromatic rings. The number of hydrogen-bond donors (Lipinski definition) is 1. The summed E-state index contributed by atoms with van der Waals surface area (Å²) in [4.78, 5) is 40.2. The zero-order valence-corrected chi connectivity index (χ0v) is 15.7. The smallest absolute Gasteiger partial charge is 0.317 e. The van der Waals surface area contributed by atoms with Crippen LogP contribution in [-0.2, 0) is 7.05 Å². The lowest BCUT2D eigenvalue weighted by Crippen LogP contribution is -2.54. The van der Waals surface area contributed by atoms with E-state index in [2.05, 4.69) is 5.32 Å². The number of ketones is 1. The first-order chi connectivity index (χ1) is 12.5. The number of Topliss-reactive ketones (excluding diaryl/α,β-unsaturated/α-hetero) is 1. The van der Waals surface area contributed by atoms with Crippen molar-refractivity contribution < 1.29 is 14.4 Å². The minimum Gasteiger partial charge on any atom is -0.346 e. The molecule has 142 valence electrons. The van der Waals surface area contributed by atoms with Crippen molar-refractivity contribution >= 4 is 17.7 Å². The maximum absolute atomic E-state index is 12.7. The first-order valence-corrected chi connectivity index (χ1v) is 9.47. The van der Waals surface area contributed by atoms with Gasteiger partial charge in [0.15, 0.2) is 5.78 Å². The summed E-state index contributed by atoms with van der Waals surface area (Å²) in [6, 6.07) is 1.93. The van der Waals surface area contributed by atoms with Gasteiger partial charge in [0.2, 0.25) is 0 Å². The number of aromatic nitrogens is 1. The zero-order chi connectivity index (χ0) is 18.7. The summed E-state index contributed by atoms with van der Waals surface area (Å²) in [5, 5.41) is 3.13. The Morgan fingerprint density at radius 2 is 1.62 bits per heavy atom. The lowest BCUT2D eigenvalue weighted by molar-refractivity contribution is 0.0653. The van der Waals surface area contributed by atoms with Crippen molar-refractivity contribution in [2.45, 2.75) is 45.1 Å². The highest BCUT2D eigenvalue weighted by atomic mass is 16.2. The van der Waals surface area contributed by atoms with E-state index >= 15 is 0 Å². The average Bonchev–Trinajstić information content (AvgIpc) is 3.04. The number of rotatable bonds is 3. The van der Waals surface area contributed by atoms with E-state index < -0.39 is 0 Å². The largest absolute Gasteiger partial charge is 0.346 e. The second-order valence-electron chi connectivity index (χ2n) is 7.34. The number of amides is 3. The highest BCUT2D eigenvalue weighted by molar-refractivity contribution is 5.99. The van der Waals surface area contributed by atoms with Crippen molar-refractivity contribution in [3.8, 4) is 0 Å². The minimum absolute atomic E-state index is 0.0123. The summed E-state index contributed by atoms with van der Waals surface area (Å²) < 4.78 is 1.70. The van der Waals surface area contributed by atoms with E-state index in [-0.39, 0.29) is 17.7 Å². The number of carbonyl (C=O) groups is 3. The molecular formula is C19H28N4O3. The van der Waals surface area contributed by atoms with Gasteiger partial charge in [-0.3, -0.25) is 9.59 Å². The van der Waals surface area contributed by atoms with Crippen molar-refractivity contribution in [2.24, 2.45) is 7.05 Å². The van der Waals surface area contributed by atoms with Crippen LogP contribution in [0.15, 0.2) is 12.3 Å². The Balaban J connectivity index is 1.53. The SMILES string of the molecule is CC(=O)c1cc(C(=O)N2CCN(C(=O)NC3CCCCC3)CC2)n(C)c1. The van der Waals surface area contributed by atoms with Crippen LogP contribution < -0.4 is 5.32 Å². The molecule has 2 fully saturated rings. The number of hydrogen-bond acceptors (Lipinski definition) is 3. The Bertz CT molecular complexity index is 683. The molecular weight excluding hydrogens is 332 g/mol. The zero-order valence-electron chi connectivity index (χ0n) is 15.7. The van der Waals surface area contributed by atoms with Gasteiger partial charge < -0.3 is 19.7 Å². The third-order valence-electron chi connectivity index (χ3n) is 5.42. The van der Waals surface area contributed by atoms with Crippen LogP contribution in [0.25, 0.3) is 0 Å². The number of urea groups is 1. The summed E-state index contributed by atoms with van der Waals surface area (Å²) in [6.45, 7) is 3.59. The Morgan fingerprint density at radius 1 is 1.00 bits per heavy atom. The van der Waals surface area contributed by atoms with Gasteiger partial charge in [0, 0.05) is 51.0 Å². The summed E-state index contributed by atoms with van der Waals surface area (Å²) >= 11 is 0. The summed E-state index contributed by atoms with van der Waals surface area (Å²) in [5.74, 6) is -0.142. The van der Waals surface area contributed by atoms with Crippen molar-refractivity contribution in [3.05, 3.63) is 23.5 Å². The molecule has 0 spiro atoms. The number of nitrogens with one attached hydrogen (secondary N) is 1. The summed E-state index contributed by atoms with van der Waals surface area (Å²) in [7, 11) is 1.77. The molecule has 0 unspecified atom stereocenters. The van der Waals surface area contributed by atoms with E-state index in [4.69, 9.17) is 0 Å². The Kier molecular flexibility index (Phi) is 5.64. The lowest BCUT2D eigenvalue weighted by Gasteiger charge is -2.36. The lowest BCUT2D eigenvalue weighted by atomic mass is 9.96. The molecule has 1 aliphatic carbocycles. The van der Waals surface area contributed by atoms with E-state index in [1.165, 1.54) is 26.2 Å². The molecule has 0 radical (unpaired) electrons. The first-order valence-electron chi connectivity index (χ1n) is 9.47. The molecule has 1 aromatic heterocycles. The summed E-state index contributed by atoms with van der Waals surface area (Å²) in [6.07, 6.45) is 7.45. The van der Waals surface area contributed by atoms with Crippen LogP contribution in [0.4, 0.5) is 4.79 Å². The Hall–Kier alpha value is -2.31. The third-order valence-corrected chi connectivity index (χ3v) is 5.42. The number of piperazine rings is 1. The number of nitrogens with zero attached hydrogens (tertiary/aromatic N) is 3. The topological polar surface area (TPSA) is 74.7 Å².